The SMILES string of the molecule is COC(=O)C(OC(C)(C)C)c1c(C)c2c3c(c(C)c(-c4ccccc4)n3CCCN2S(C)(=O)=O)c1-c1ccc(C)cc1. The number of aromatic nitrogens is 1. The number of nitrogens with zero attached hydrogens (tertiary/aromatic N) is 2. The molecule has 2 heterocycles. The number of sulfonamides is 1. The molecule has 8 heteroatoms. The number of hydrogen-bond acceptors (Lipinski definition) is 5. The Balaban J connectivity index is 2.07. The van der Waals surface area contributed by atoms with E-state index >= 15 is 0 Å². The van der Waals surface area contributed by atoms with Gasteiger partial charge >= 0.3 is 5.97 Å². The highest BCUT2D eigenvalue weighted by atomic mass is 32.2. The lowest BCUT2D eigenvalue weighted by Crippen LogP contribution is -2.33. The molecule has 3 aromatic carbocycles. The molecule has 0 aliphatic carbocycles. The fourth-order valence-electron chi connectivity index (χ4n) is 6.27. The summed E-state index contributed by atoms with van der Waals surface area (Å²) >= 11 is 0. The third-order valence-electron chi connectivity index (χ3n) is 7.94. The first-order chi connectivity index (χ1) is 19.7. The monoisotopic (exact) mass is 588 g/mol. The van der Waals surface area contributed by atoms with Gasteiger partial charge in [-0.1, -0.05) is 60.2 Å². The Morgan fingerprint density at radius 1 is 0.905 bits per heavy atom. The van der Waals surface area contributed by atoms with Gasteiger partial charge < -0.3 is 14.0 Å². The Bertz CT molecular complexity index is 1770. The maximum atomic E-state index is 13.6. The van der Waals surface area contributed by atoms with E-state index in [2.05, 4.69) is 47.9 Å². The van der Waals surface area contributed by atoms with Crippen LogP contribution in [-0.2, 0) is 30.8 Å². The largest absolute Gasteiger partial charge is 0.467 e. The van der Waals surface area contributed by atoms with Gasteiger partial charge in [-0.25, -0.2) is 13.2 Å². The number of anilines is 1. The summed E-state index contributed by atoms with van der Waals surface area (Å²) in [6.45, 7) is 12.7. The van der Waals surface area contributed by atoms with Crippen LogP contribution in [0.5, 0.6) is 0 Å². The second-order valence-corrected chi connectivity index (χ2v) is 14.1. The van der Waals surface area contributed by atoms with E-state index in [1.807, 2.05) is 52.8 Å². The molecule has 0 fully saturated rings. The van der Waals surface area contributed by atoms with E-state index in [1.165, 1.54) is 17.7 Å². The van der Waals surface area contributed by atoms with E-state index in [0.29, 0.717) is 36.3 Å². The van der Waals surface area contributed by atoms with E-state index in [4.69, 9.17) is 9.47 Å². The molecule has 0 radical (unpaired) electrons. The van der Waals surface area contributed by atoms with Gasteiger partial charge in [0.25, 0.3) is 0 Å². The Morgan fingerprint density at radius 3 is 2.12 bits per heavy atom. The molecule has 1 atom stereocenters. The Kier molecular flexibility index (Phi) is 7.75. The average molecular weight is 589 g/mol. The van der Waals surface area contributed by atoms with Gasteiger partial charge in [-0.15, -0.1) is 0 Å². The first-order valence-corrected chi connectivity index (χ1v) is 16.1. The zero-order valence-electron chi connectivity index (χ0n) is 25.7. The molecule has 1 aromatic heterocycles. The number of esters is 1. The van der Waals surface area contributed by atoms with Gasteiger partial charge in [0.15, 0.2) is 6.10 Å². The van der Waals surface area contributed by atoms with Crippen molar-refractivity contribution in [3.8, 4) is 22.4 Å². The number of methoxy groups -OCH3 is 1. The van der Waals surface area contributed by atoms with Gasteiger partial charge in [0.2, 0.25) is 10.0 Å². The summed E-state index contributed by atoms with van der Waals surface area (Å²) in [7, 11) is -2.30. The Hall–Kier alpha value is -3.62. The summed E-state index contributed by atoms with van der Waals surface area (Å²) in [6, 6.07) is 18.4. The van der Waals surface area contributed by atoms with Crippen molar-refractivity contribution >= 4 is 32.6 Å². The highest BCUT2D eigenvalue weighted by Crippen LogP contribution is 2.51. The first-order valence-electron chi connectivity index (χ1n) is 14.3. The maximum Gasteiger partial charge on any atom is 0.339 e. The van der Waals surface area contributed by atoms with Crippen molar-refractivity contribution in [3.63, 3.8) is 0 Å². The Morgan fingerprint density at radius 2 is 1.55 bits per heavy atom. The predicted molar refractivity (Wildman–Crippen MR) is 169 cm³/mol. The lowest BCUT2D eigenvalue weighted by Gasteiger charge is -2.32. The minimum Gasteiger partial charge on any atom is -0.467 e. The molecule has 1 aliphatic rings. The molecule has 5 rings (SSSR count). The molecule has 222 valence electrons. The van der Waals surface area contributed by atoms with Crippen molar-refractivity contribution in [1.29, 1.82) is 0 Å². The molecule has 7 nitrogen and oxygen atoms in total. The molecule has 4 aromatic rings. The summed E-state index contributed by atoms with van der Waals surface area (Å²) in [5, 5.41) is 0.912. The molecule has 1 aliphatic heterocycles. The number of carbonyl (C=O) groups is 1. The minimum absolute atomic E-state index is 0.329. The van der Waals surface area contributed by atoms with Crippen LogP contribution < -0.4 is 4.31 Å². The van der Waals surface area contributed by atoms with Crippen molar-refractivity contribution in [1.82, 2.24) is 4.57 Å². The van der Waals surface area contributed by atoms with Crippen LogP contribution in [0.3, 0.4) is 0 Å². The lowest BCUT2D eigenvalue weighted by atomic mass is 9.86. The maximum absolute atomic E-state index is 13.6. The third kappa shape index (κ3) is 5.22. The zero-order valence-corrected chi connectivity index (χ0v) is 26.6. The number of carbonyl (C=O) groups excluding carboxylic acids is 1. The van der Waals surface area contributed by atoms with E-state index in [1.54, 1.807) is 0 Å². The number of hydrogen-bond donors (Lipinski definition) is 0. The summed E-state index contributed by atoms with van der Waals surface area (Å²) in [6.07, 6.45) is 0.802. The molecule has 0 amide bonds. The van der Waals surface area contributed by atoms with Gasteiger partial charge in [0.1, 0.15) is 0 Å². The smallest absolute Gasteiger partial charge is 0.339 e. The molecular formula is C34H40N2O5S. The quantitative estimate of drug-likeness (QED) is 0.225. The second-order valence-electron chi connectivity index (χ2n) is 12.2. The first kappa shape index (κ1) is 29.9. The van der Waals surface area contributed by atoms with Crippen LogP contribution in [0, 0.1) is 20.8 Å². The average Bonchev–Trinajstić information content (AvgIpc) is 3.06. The summed E-state index contributed by atoms with van der Waals surface area (Å²) < 4.78 is 42.4. The van der Waals surface area contributed by atoms with Crippen LogP contribution in [0.2, 0.25) is 0 Å². The number of rotatable bonds is 6. The van der Waals surface area contributed by atoms with E-state index in [-0.39, 0.29) is 0 Å². The van der Waals surface area contributed by atoms with Crippen LogP contribution in [0.4, 0.5) is 5.69 Å². The number of aryl methyl sites for hydroxylation is 3. The minimum atomic E-state index is -3.65. The molecule has 42 heavy (non-hydrogen) atoms. The van der Waals surface area contributed by atoms with Gasteiger partial charge in [0.05, 0.1) is 35.9 Å². The Labute approximate surface area is 249 Å². The van der Waals surface area contributed by atoms with Crippen molar-refractivity contribution in [3.05, 3.63) is 76.9 Å². The third-order valence-corrected chi connectivity index (χ3v) is 9.10. The topological polar surface area (TPSA) is 77.8 Å². The molecule has 0 bridgehead atoms. The number of benzene rings is 3. The van der Waals surface area contributed by atoms with Crippen molar-refractivity contribution < 1.29 is 22.7 Å². The summed E-state index contributed by atoms with van der Waals surface area (Å²) in [5.74, 6) is -0.534. The highest BCUT2D eigenvalue weighted by Gasteiger charge is 2.38. The van der Waals surface area contributed by atoms with Crippen LogP contribution in [0.15, 0.2) is 54.6 Å². The van der Waals surface area contributed by atoms with Crippen LogP contribution in [-0.4, -0.2) is 44.5 Å². The predicted octanol–water partition coefficient (Wildman–Crippen LogP) is 7.10. The van der Waals surface area contributed by atoms with E-state index in [0.717, 1.165) is 44.4 Å². The van der Waals surface area contributed by atoms with Crippen molar-refractivity contribution in [2.45, 2.75) is 66.2 Å². The molecular weight excluding hydrogens is 548 g/mol. The number of ether oxygens (including phenoxy) is 2. The van der Waals surface area contributed by atoms with Crippen LogP contribution in [0.25, 0.3) is 33.3 Å². The van der Waals surface area contributed by atoms with E-state index < -0.39 is 27.7 Å². The van der Waals surface area contributed by atoms with Gasteiger partial charge in [0, 0.05) is 24.0 Å². The van der Waals surface area contributed by atoms with Gasteiger partial charge in [-0.2, -0.15) is 0 Å². The summed E-state index contributed by atoms with van der Waals surface area (Å²) in [4.78, 5) is 13.6. The lowest BCUT2D eigenvalue weighted by molar-refractivity contribution is -0.164. The van der Waals surface area contributed by atoms with Crippen LogP contribution >= 0.6 is 0 Å². The second kappa shape index (κ2) is 10.9. The molecule has 0 saturated carbocycles. The van der Waals surface area contributed by atoms with Gasteiger partial charge in [-0.3, -0.25) is 4.31 Å². The van der Waals surface area contributed by atoms with Crippen molar-refractivity contribution in [2.75, 3.05) is 24.2 Å². The zero-order chi connectivity index (χ0) is 30.6. The molecule has 0 N–H and O–H groups in total. The normalized spacial score (nSPS) is 14.6. The fourth-order valence-corrected chi connectivity index (χ4v) is 7.29. The molecule has 0 spiro atoms. The fraction of sp³-hybridized carbons (Fsp3) is 0.382. The standard InChI is InChI=1S/C34H40N2O5S/c1-21-15-17-24(18-16-21)28-26-22(2)29(25-13-10-9-11-14-25)35-19-12-20-36(42(8,38)39)30(31(26)35)23(3)27(28)32(33(37)40-7)41-34(4,5)6/h9-11,13-18,32H,12,19-20H2,1-8H3. The molecule has 0 saturated heterocycles. The van der Waals surface area contributed by atoms with Gasteiger partial charge in [-0.05, 0) is 75.8 Å². The van der Waals surface area contributed by atoms with E-state index in [9.17, 15) is 13.2 Å². The molecule has 1 unspecified atom stereocenters. The van der Waals surface area contributed by atoms with Crippen molar-refractivity contribution in [2.24, 2.45) is 0 Å². The highest BCUT2D eigenvalue weighted by molar-refractivity contribution is 7.92. The summed E-state index contributed by atoms with van der Waals surface area (Å²) in [5.41, 5.74) is 8.06. The van der Waals surface area contributed by atoms with Crippen LogP contribution in [0.1, 0.15) is 55.5 Å².